The van der Waals surface area contributed by atoms with E-state index in [1.54, 1.807) is 12.1 Å². The van der Waals surface area contributed by atoms with Crippen LogP contribution < -0.4 is 14.8 Å². The van der Waals surface area contributed by atoms with Crippen molar-refractivity contribution in [2.45, 2.75) is 24.5 Å². The molecule has 2 aromatic carbocycles. The molecule has 0 fully saturated rings. The van der Waals surface area contributed by atoms with Crippen LogP contribution in [0.25, 0.3) is 0 Å². The van der Waals surface area contributed by atoms with Gasteiger partial charge in [0.2, 0.25) is 0 Å². The Labute approximate surface area is 186 Å². The molecule has 2 N–H and O–H groups in total. The highest BCUT2D eigenvalue weighted by Gasteiger charge is 2.30. The summed E-state index contributed by atoms with van der Waals surface area (Å²) in [6.07, 6.45) is -1.23. The number of carbonyl (C=O) groups is 2. The van der Waals surface area contributed by atoms with Crippen LogP contribution in [0.3, 0.4) is 0 Å². The molecule has 0 bridgehead atoms. The Morgan fingerprint density at radius 1 is 1.22 bits per heavy atom. The number of nitrogens with one attached hydrogen (secondary N) is 2. The molecule has 9 nitrogen and oxygen atoms in total. The van der Waals surface area contributed by atoms with Crippen LogP contribution in [-0.2, 0) is 24.3 Å². The van der Waals surface area contributed by atoms with Crippen molar-refractivity contribution in [2.24, 2.45) is 4.99 Å². The van der Waals surface area contributed by atoms with E-state index >= 15 is 0 Å². The van der Waals surface area contributed by atoms with Gasteiger partial charge in [-0.05, 0) is 37.3 Å². The Kier molecular flexibility index (Phi) is 6.94. The molecule has 32 heavy (non-hydrogen) atoms. The third kappa shape index (κ3) is 5.51. The molecule has 170 valence electrons. The van der Waals surface area contributed by atoms with Crippen LogP contribution in [0.2, 0.25) is 5.02 Å². The predicted octanol–water partition coefficient (Wildman–Crippen LogP) is 2.55. The van der Waals surface area contributed by atoms with Gasteiger partial charge in [-0.15, -0.1) is 0 Å². The Morgan fingerprint density at radius 3 is 2.62 bits per heavy atom. The Balaban J connectivity index is 1.57. The molecule has 13 heteroatoms. The molecule has 2 aromatic rings. The number of aliphatic imine (C=N–C) groups is 1. The van der Waals surface area contributed by atoms with E-state index in [1.165, 1.54) is 31.2 Å². The highest BCUT2D eigenvalue weighted by atomic mass is 35.5. The van der Waals surface area contributed by atoms with Gasteiger partial charge < -0.3 is 14.8 Å². The van der Waals surface area contributed by atoms with Crippen molar-refractivity contribution >= 4 is 45.0 Å². The zero-order valence-electron chi connectivity index (χ0n) is 16.3. The minimum atomic E-state index is -3.75. The SMILES string of the molecule is CC(OC(=O)CN=C1NS(=O)(=O)c2ccccc21)C(=O)Nc1ccc(OC(F)F)c(Cl)c1. The summed E-state index contributed by atoms with van der Waals surface area (Å²) in [4.78, 5) is 28.2. The van der Waals surface area contributed by atoms with E-state index in [2.05, 4.69) is 19.8 Å². The number of hydrogen-bond acceptors (Lipinski definition) is 7. The van der Waals surface area contributed by atoms with Crippen molar-refractivity contribution in [3.8, 4) is 5.75 Å². The van der Waals surface area contributed by atoms with E-state index in [0.717, 1.165) is 6.07 Å². The van der Waals surface area contributed by atoms with Crippen LogP contribution in [-0.4, -0.2) is 45.4 Å². The minimum absolute atomic E-state index is 0.00426. The first-order chi connectivity index (χ1) is 15.1. The van der Waals surface area contributed by atoms with Crippen molar-refractivity contribution in [3.63, 3.8) is 0 Å². The van der Waals surface area contributed by atoms with Crippen LogP contribution in [0.15, 0.2) is 52.4 Å². The molecule has 0 saturated carbocycles. The summed E-state index contributed by atoms with van der Waals surface area (Å²) in [7, 11) is -3.75. The summed E-state index contributed by atoms with van der Waals surface area (Å²) in [6.45, 7) is -2.27. The van der Waals surface area contributed by atoms with E-state index in [0.29, 0.717) is 5.56 Å². The summed E-state index contributed by atoms with van der Waals surface area (Å²) in [5.74, 6) is -1.85. The second-order valence-corrected chi connectivity index (χ2v) is 8.47. The molecule has 1 amide bonds. The zero-order valence-corrected chi connectivity index (χ0v) is 17.9. The first-order valence-corrected chi connectivity index (χ1v) is 10.8. The van der Waals surface area contributed by atoms with E-state index < -0.39 is 41.2 Å². The third-order valence-electron chi connectivity index (χ3n) is 4.12. The molecule has 1 atom stereocenters. The number of rotatable bonds is 7. The fourth-order valence-electron chi connectivity index (χ4n) is 2.70. The molecular weight excluding hydrogens is 472 g/mol. The number of fused-ring (bicyclic) bond motifs is 1. The van der Waals surface area contributed by atoms with Crippen LogP contribution >= 0.6 is 11.6 Å². The van der Waals surface area contributed by atoms with Crippen molar-refractivity contribution in [1.82, 2.24) is 4.72 Å². The molecule has 1 aliphatic heterocycles. The average Bonchev–Trinajstić information content (AvgIpc) is 2.98. The zero-order chi connectivity index (χ0) is 23.5. The molecule has 0 aliphatic carbocycles. The first kappa shape index (κ1) is 23.4. The quantitative estimate of drug-likeness (QED) is 0.578. The molecule has 1 aliphatic rings. The van der Waals surface area contributed by atoms with E-state index in [4.69, 9.17) is 16.3 Å². The van der Waals surface area contributed by atoms with Gasteiger partial charge in [-0.3, -0.25) is 19.3 Å². The lowest BCUT2D eigenvalue weighted by atomic mass is 10.2. The number of halogens is 3. The molecule has 1 unspecified atom stereocenters. The number of esters is 1. The molecule has 0 saturated heterocycles. The van der Waals surface area contributed by atoms with Gasteiger partial charge in [-0.25, -0.2) is 8.42 Å². The first-order valence-electron chi connectivity index (χ1n) is 8.98. The van der Waals surface area contributed by atoms with Crippen LogP contribution in [0.5, 0.6) is 5.75 Å². The smallest absolute Gasteiger partial charge is 0.387 e. The number of alkyl halides is 2. The fourth-order valence-corrected chi connectivity index (χ4v) is 4.17. The van der Waals surface area contributed by atoms with E-state index in [9.17, 15) is 26.8 Å². The Hall–Kier alpha value is -3.25. The lowest BCUT2D eigenvalue weighted by molar-refractivity contribution is -0.151. The predicted molar refractivity (Wildman–Crippen MR) is 110 cm³/mol. The Morgan fingerprint density at radius 2 is 1.94 bits per heavy atom. The molecule has 0 radical (unpaired) electrons. The number of nitrogens with zero attached hydrogens (tertiary/aromatic N) is 1. The van der Waals surface area contributed by atoms with Crippen molar-refractivity contribution in [1.29, 1.82) is 0 Å². The number of amidine groups is 1. The molecule has 0 aromatic heterocycles. The standard InChI is InChI=1S/C19H16ClF2N3O6S/c1-10(18(27)24-11-6-7-14(13(20)8-11)31-19(21)22)30-16(26)9-23-17-12-4-2-3-5-15(12)32(28,29)25-17/h2-8,10,19H,9H2,1H3,(H,23,25)(H,24,27). The van der Waals surface area contributed by atoms with Gasteiger partial charge in [0.05, 0.1) is 9.92 Å². The number of ether oxygens (including phenoxy) is 2. The van der Waals surface area contributed by atoms with Gasteiger partial charge in [0.15, 0.2) is 6.10 Å². The molecule has 3 rings (SSSR count). The van der Waals surface area contributed by atoms with Gasteiger partial charge in [0.1, 0.15) is 18.1 Å². The lowest BCUT2D eigenvalue weighted by Gasteiger charge is -2.14. The second-order valence-electron chi connectivity index (χ2n) is 6.41. The molecule has 1 heterocycles. The maximum absolute atomic E-state index is 12.3. The summed E-state index contributed by atoms with van der Waals surface area (Å²) in [5, 5.41) is 2.27. The van der Waals surface area contributed by atoms with Crippen LogP contribution in [0.1, 0.15) is 12.5 Å². The lowest BCUT2D eigenvalue weighted by Crippen LogP contribution is -2.31. The number of sulfonamides is 1. The maximum atomic E-state index is 12.3. The normalized spacial score (nSPS) is 16.2. The maximum Gasteiger partial charge on any atom is 0.387 e. The molecular formula is C19H16ClF2N3O6S. The van der Waals surface area contributed by atoms with Crippen molar-refractivity contribution in [2.75, 3.05) is 11.9 Å². The van der Waals surface area contributed by atoms with Crippen LogP contribution in [0.4, 0.5) is 14.5 Å². The third-order valence-corrected chi connectivity index (χ3v) is 5.81. The van der Waals surface area contributed by atoms with Gasteiger partial charge in [0, 0.05) is 11.3 Å². The Bertz CT molecular complexity index is 1190. The van der Waals surface area contributed by atoms with Crippen molar-refractivity contribution < 1.29 is 36.3 Å². The number of amides is 1. The summed E-state index contributed by atoms with van der Waals surface area (Å²) < 4.78 is 60.1. The monoisotopic (exact) mass is 487 g/mol. The minimum Gasteiger partial charge on any atom is -0.451 e. The number of carbonyl (C=O) groups excluding carboxylic acids is 2. The summed E-state index contributed by atoms with van der Waals surface area (Å²) >= 11 is 5.82. The summed E-state index contributed by atoms with van der Waals surface area (Å²) in [5.41, 5.74) is 0.490. The van der Waals surface area contributed by atoms with Crippen LogP contribution in [0, 0.1) is 0 Å². The number of benzene rings is 2. The highest BCUT2D eigenvalue weighted by molar-refractivity contribution is 7.90. The number of anilines is 1. The van der Waals surface area contributed by atoms with Crippen molar-refractivity contribution in [3.05, 3.63) is 53.1 Å². The van der Waals surface area contributed by atoms with Gasteiger partial charge >= 0.3 is 12.6 Å². The largest absolute Gasteiger partial charge is 0.451 e. The highest BCUT2D eigenvalue weighted by Crippen LogP contribution is 2.29. The second kappa shape index (κ2) is 9.49. The van der Waals surface area contributed by atoms with E-state index in [-0.39, 0.29) is 27.2 Å². The number of hydrogen-bond donors (Lipinski definition) is 2. The van der Waals surface area contributed by atoms with Gasteiger partial charge in [0.25, 0.3) is 15.9 Å². The fraction of sp³-hybridized carbons (Fsp3) is 0.211. The summed E-state index contributed by atoms with van der Waals surface area (Å²) in [6, 6.07) is 9.76. The average molecular weight is 488 g/mol. The van der Waals surface area contributed by atoms with E-state index in [1.807, 2.05) is 0 Å². The molecule has 0 spiro atoms. The topological polar surface area (TPSA) is 123 Å². The van der Waals surface area contributed by atoms with Gasteiger partial charge in [-0.2, -0.15) is 8.78 Å². The van der Waals surface area contributed by atoms with Gasteiger partial charge in [-0.1, -0.05) is 23.7 Å².